The number of thiazole rings is 1. The molecule has 2 heterocycles. The Labute approximate surface area is 285 Å². The number of ether oxygens (including phenoxy) is 6. The number of fused-ring (bicyclic) bond motifs is 1. The van der Waals surface area contributed by atoms with Crippen LogP contribution in [-0.4, -0.2) is 52.3 Å². The number of nitrogens with zero attached hydrogens (tertiary/aromatic N) is 2. The van der Waals surface area contributed by atoms with Crippen LogP contribution in [0.2, 0.25) is 0 Å². The van der Waals surface area contributed by atoms with Crippen molar-refractivity contribution in [3.63, 3.8) is 0 Å². The second-order valence-electron chi connectivity index (χ2n) is 11.3. The molecule has 0 radical (unpaired) electrons. The zero-order valence-electron chi connectivity index (χ0n) is 27.7. The van der Waals surface area contributed by atoms with Gasteiger partial charge >= 0.3 is 0 Å². The Bertz CT molecular complexity index is 1800. The fourth-order valence-corrected chi connectivity index (χ4v) is 6.57. The van der Waals surface area contributed by atoms with Gasteiger partial charge in [-0.05, 0) is 91.9 Å². The second-order valence-corrected chi connectivity index (χ2v) is 12.3. The monoisotopic (exact) mass is 668 g/mol. The van der Waals surface area contributed by atoms with Gasteiger partial charge in [0.15, 0.2) is 29.1 Å². The van der Waals surface area contributed by atoms with E-state index in [1.54, 1.807) is 39.8 Å². The first-order valence-electron chi connectivity index (χ1n) is 16.0. The van der Waals surface area contributed by atoms with Gasteiger partial charge in [0.2, 0.25) is 5.75 Å². The highest BCUT2D eigenvalue weighted by Crippen LogP contribution is 2.41. The van der Waals surface area contributed by atoms with Crippen molar-refractivity contribution in [1.82, 2.24) is 4.98 Å². The summed E-state index contributed by atoms with van der Waals surface area (Å²) in [6, 6.07) is 26.0. The Morgan fingerprint density at radius 1 is 0.688 bits per heavy atom. The Kier molecular flexibility index (Phi) is 10.8. The summed E-state index contributed by atoms with van der Waals surface area (Å²) in [5.74, 6) is 3.92. The van der Waals surface area contributed by atoms with Crippen molar-refractivity contribution in [3.05, 3.63) is 90.0 Å². The molecule has 9 nitrogen and oxygen atoms in total. The molecule has 0 N–H and O–H groups in total. The molecule has 6 rings (SSSR count). The smallest absolute Gasteiger partial charge is 0.203 e. The largest absolute Gasteiger partial charge is 0.494 e. The van der Waals surface area contributed by atoms with Crippen LogP contribution in [0.15, 0.2) is 84.0 Å². The summed E-state index contributed by atoms with van der Waals surface area (Å²) in [5.41, 5.74) is 4.75. The minimum absolute atomic E-state index is 0.254. The second kappa shape index (κ2) is 15.8. The van der Waals surface area contributed by atoms with Crippen LogP contribution in [0, 0.1) is 0 Å². The van der Waals surface area contributed by atoms with Gasteiger partial charge in [0.1, 0.15) is 10.8 Å². The summed E-state index contributed by atoms with van der Waals surface area (Å²) in [4.78, 5) is 10.6. The number of oxime groups is 1. The first kappa shape index (κ1) is 33.0. The molecule has 1 aromatic heterocycles. The lowest BCUT2D eigenvalue weighted by atomic mass is 9.99. The molecule has 10 heteroatoms. The lowest BCUT2D eigenvalue weighted by Crippen LogP contribution is -2.05. The topological polar surface area (TPSA) is 89.9 Å². The summed E-state index contributed by atoms with van der Waals surface area (Å²) in [5, 5.41) is 5.40. The average molecular weight is 669 g/mol. The summed E-state index contributed by atoms with van der Waals surface area (Å²) in [6.45, 7) is 1.27. The van der Waals surface area contributed by atoms with Gasteiger partial charge in [-0.25, -0.2) is 4.98 Å². The molecule has 1 unspecified atom stereocenters. The SMILES string of the molecule is COc1ccc(C2CC(c3cc(OC)c(OC)c(OC)c3)=NO2)cc1OCCCCCCOc1ccc(-c2nc3ccccc3s2)cc1. The molecule has 1 aliphatic heterocycles. The first-order chi connectivity index (χ1) is 23.6. The minimum Gasteiger partial charge on any atom is -0.494 e. The predicted octanol–water partition coefficient (Wildman–Crippen LogP) is 8.88. The zero-order chi connectivity index (χ0) is 33.3. The Balaban J connectivity index is 0.937. The van der Waals surface area contributed by atoms with Crippen LogP contribution in [0.1, 0.15) is 49.3 Å². The van der Waals surface area contributed by atoms with Crippen molar-refractivity contribution in [1.29, 1.82) is 0 Å². The van der Waals surface area contributed by atoms with Gasteiger partial charge in [-0.3, -0.25) is 0 Å². The number of methoxy groups -OCH3 is 4. The van der Waals surface area contributed by atoms with E-state index < -0.39 is 0 Å². The van der Waals surface area contributed by atoms with E-state index in [1.807, 2.05) is 60.7 Å². The Morgan fingerprint density at radius 2 is 1.40 bits per heavy atom. The van der Waals surface area contributed by atoms with E-state index in [4.69, 9.17) is 38.2 Å². The van der Waals surface area contributed by atoms with Crippen molar-refractivity contribution in [2.45, 2.75) is 38.2 Å². The van der Waals surface area contributed by atoms with E-state index in [2.05, 4.69) is 23.4 Å². The number of para-hydroxylation sites is 1. The maximum Gasteiger partial charge on any atom is 0.203 e. The summed E-state index contributed by atoms with van der Waals surface area (Å²) in [6.07, 6.45) is 4.33. The molecule has 48 heavy (non-hydrogen) atoms. The van der Waals surface area contributed by atoms with E-state index in [1.165, 1.54) is 4.70 Å². The molecule has 1 atom stereocenters. The van der Waals surface area contributed by atoms with Crippen molar-refractivity contribution in [3.8, 4) is 45.1 Å². The molecule has 0 bridgehead atoms. The van der Waals surface area contributed by atoms with Gasteiger partial charge in [-0.1, -0.05) is 23.4 Å². The highest BCUT2D eigenvalue weighted by atomic mass is 32.1. The summed E-state index contributed by atoms with van der Waals surface area (Å²) >= 11 is 1.71. The standard InChI is InChI=1S/C38H40N2O7S/c1-41-31-18-15-26(32-24-30(40-47-32)27-22-34(42-2)37(44-4)35(23-27)43-3)21-33(31)46-20-10-6-5-9-19-45-28-16-13-25(14-17-28)38-39-29-11-7-8-12-36(29)48-38/h7-8,11-18,21-23,32H,5-6,9-10,19-20,24H2,1-4H3. The van der Waals surface area contributed by atoms with E-state index in [0.717, 1.165) is 64.4 Å². The van der Waals surface area contributed by atoms with Gasteiger partial charge in [0.05, 0.1) is 57.6 Å². The predicted molar refractivity (Wildman–Crippen MR) is 189 cm³/mol. The molecule has 0 amide bonds. The third-order valence-electron chi connectivity index (χ3n) is 8.19. The number of hydrogen-bond acceptors (Lipinski definition) is 10. The third kappa shape index (κ3) is 7.60. The number of unbranched alkanes of at least 4 members (excludes halogenated alkanes) is 3. The molecule has 0 aliphatic carbocycles. The number of benzene rings is 4. The number of rotatable bonds is 16. The summed E-state index contributed by atoms with van der Waals surface area (Å²) < 4.78 is 35.4. The van der Waals surface area contributed by atoms with E-state index in [-0.39, 0.29) is 6.10 Å². The first-order valence-corrected chi connectivity index (χ1v) is 16.8. The van der Waals surface area contributed by atoms with Crippen molar-refractivity contribution in [2.24, 2.45) is 5.16 Å². The molecule has 5 aromatic rings. The van der Waals surface area contributed by atoms with Gasteiger partial charge in [0.25, 0.3) is 0 Å². The molecule has 0 spiro atoms. The molecular formula is C38H40N2O7S. The average Bonchev–Trinajstić information content (AvgIpc) is 3.81. The van der Waals surface area contributed by atoms with E-state index >= 15 is 0 Å². The normalized spacial score (nSPS) is 13.9. The molecular weight excluding hydrogens is 628 g/mol. The number of aromatic nitrogens is 1. The number of hydrogen-bond donors (Lipinski definition) is 0. The van der Waals surface area contributed by atoms with Crippen LogP contribution in [0.5, 0.6) is 34.5 Å². The van der Waals surface area contributed by atoms with Crippen LogP contribution < -0.4 is 28.4 Å². The highest BCUT2D eigenvalue weighted by Gasteiger charge is 2.27. The Hall–Kier alpha value is -4.96. The zero-order valence-corrected chi connectivity index (χ0v) is 28.5. The van der Waals surface area contributed by atoms with Crippen LogP contribution in [0.25, 0.3) is 20.8 Å². The molecule has 1 aliphatic rings. The van der Waals surface area contributed by atoms with E-state index in [0.29, 0.717) is 48.4 Å². The Morgan fingerprint density at radius 3 is 2.08 bits per heavy atom. The van der Waals surface area contributed by atoms with Crippen LogP contribution >= 0.6 is 11.3 Å². The van der Waals surface area contributed by atoms with Crippen molar-refractivity contribution in [2.75, 3.05) is 41.7 Å². The molecule has 0 saturated carbocycles. The molecule has 250 valence electrons. The lowest BCUT2D eigenvalue weighted by molar-refractivity contribution is 0.0854. The van der Waals surface area contributed by atoms with Crippen LogP contribution in [0.3, 0.4) is 0 Å². The fourth-order valence-electron chi connectivity index (χ4n) is 5.60. The van der Waals surface area contributed by atoms with Gasteiger partial charge in [0, 0.05) is 17.5 Å². The van der Waals surface area contributed by atoms with Gasteiger partial charge < -0.3 is 33.3 Å². The quantitative estimate of drug-likeness (QED) is 0.0964. The van der Waals surface area contributed by atoms with Gasteiger partial charge in [-0.15, -0.1) is 11.3 Å². The fraction of sp³-hybridized carbons (Fsp3) is 0.316. The lowest BCUT2D eigenvalue weighted by Gasteiger charge is -2.15. The van der Waals surface area contributed by atoms with E-state index in [9.17, 15) is 0 Å². The third-order valence-corrected chi connectivity index (χ3v) is 9.27. The van der Waals surface area contributed by atoms with Gasteiger partial charge in [-0.2, -0.15) is 0 Å². The maximum atomic E-state index is 6.17. The summed E-state index contributed by atoms with van der Waals surface area (Å²) in [7, 11) is 6.42. The molecule has 0 fully saturated rings. The highest BCUT2D eigenvalue weighted by molar-refractivity contribution is 7.21. The van der Waals surface area contributed by atoms with Crippen LogP contribution in [-0.2, 0) is 4.84 Å². The minimum atomic E-state index is -0.254. The molecule has 4 aromatic carbocycles. The molecule has 0 saturated heterocycles. The van der Waals surface area contributed by atoms with Crippen molar-refractivity contribution < 1.29 is 33.3 Å². The van der Waals surface area contributed by atoms with Crippen LogP contribution in [0.4, 0.5) is 0 Å². The maximum absolute atomic E-state index is 6.17. The van der Waals surface area contributed by atoms with Crippen molar-refractivity contribution >= 4 is 27.3 Å².